The SMILES string of the molecule is CC(C)(C)[C@H](NC(=O)C(F)(F)F)C(=O)N[C@@H](Cc1ccc(F)cc1)C(=O)N1C(=O)[C@@]2(CN[C@H](C#N)C2)c2ccccc21. The first-order valence-electron chi connectivity index (χ1n) is 13.1. The number of nitrogens with one attached hydrogen (secondary N) is 3. The van der Waals surface area contributed by atoms with Crippen molar-refractivity contribution in [2.45, 2.75) is 63.3 Å². The summed E-state index contributed by atoms with van der Waals surface area (Å²) in [6.07, 6.45) is -5.40. The zero-order valence-electron chi connectivity index (χ0n) is 23.0. The molecule has 1 spiro atoms. The van der Waals surface area contributed by atoms with E-state index in [1.165, 1.54) is 32.9 Å². The number of nitriles is 1. The van der Waals surface area contributed by atoms with Crippen LogP contribution in [0.1, 0.15) is 38.3 Å². The zero-order valence-corrected chi connectivity index (χ0v) is 23.0. The van der Waals surface area contributed by atoms with Gasteiger partial charge in [-0.3, -0.25) is 19.2 Å². The number of rotatable bonds is 6. The maximum absolute atomic E-state index is 14.1. The predicted molar refractivity (Wildman–Crippen MR) is 142 cm³/mol. The van der Waals surface area contributed by atoms with Crippen LogP contribution in [-0.4, -0.2) is 54.5 Å². The molecule has 2 aromatic carbocycles. The highest BCUT2D eigenvalue weighted by Crippen LogP contribution is 2.46. The van der Waals surface area contributed by atoms with Crippen LogP contribution in [0.3, 0.4) is 0 Å². The van der Waals surface area contributed by atoms with Crippen molar-refractivity contribution in [3.8, 4) is 6.07 Å². The molecule has 2 aliphatic heterocycles. The first kappa shape index (κ1) is 30.6. The van der Waals surface area contributed by atoms with Crippen LogP contribution in [0.4, 0.5) is 23.2 Å². The maximum atomic E-state index is 14.1. The summed E-state index contributed by atoms with van der Waals surface area (Å²) in [6, 6.07) is 9.78. The van der Waals surface area contributed by atoms with Crippen molar-refractivity contribution in [3.05, 3.63) is 65.5 Å². The number of alkyl halides is 3. The lowest BCUT2D eigenvalue weighted by molar-refractivity contribution is -0.175. The fourth-order valence-electron chi connectivity index (χ4n) is 5.34. The van der Waals surface area contributed by atoms with Gasteiger partial charge >= 0.3 is 12.1 Å². The predicted octanol–water partition coefficient (Wildman–Crippen LogP) is 2.64. The minimum atomic E-state index is -5.26. The number of carbonyl (C=O) groups excluding carboxylic acids is 4. The summed E-state index contributed by atoms with van der Waals surface area (Å²) < 4.78 is 52.8. The van der Waals surface area contributed by atoms with Crippen molar-refractivity contribution < 1.29 is 36.7 Å². The smallest absolute Gasteiger partial charge is 0.342 e. The van der Waals surface area contributed by atoms with Crippen molar-refractivity contribution in [1.29, 1.82) is 5.26 Å². The van der Waals surface area contributed by atoms with E-state index in [1.807, 2.05) is 0 Å². The molecule has 0 aliphatic carbocycles. The van der Waals surface area contributed by atoms with Gasteiger partial charge in [-0.2, -0.15) is 18.4 Å². The first-order valence-corrected chi connectivity index (χ1v) is 13.1. The molecule has 0 radical (unpaired) electrons. The minimum Gasteiger partial charge on any atom is -0.342 e. The van der Waals surface area contributed by atoms with E-state index in [1.54, 1.807) is 29.6 Å². The highest BCUT2D eigenvalue weighted by Gasteiger charge is 2.57. The van der Waals surface area contributed by atoms with Crippen molar-refractivity contribution in [2.24, 2.45) is 5.41 Å². The van der Waals surface area contributed by atoms with E-state index in [2.05, 4.69) is 16.7 Å². The second-order valence-corrected chi connectivity index (χ2v) is 11.5. The molecule has 4 atom stereocenters. The van der Waals surface area contributed by atoms with Crippen LogP contribution in [0, 0.1) is 22.6 Å². The first-order chi connectivity index (χ1) is 19.6. The van der Waals surface area contributed by atoms with Gasteiger partial charge in [-0.05, 0) is 41.2 Å². The molecular formula is C29H29F4N5O4. The molecule has 0 aromatic heterocycles. The molecule has 0 bridgehead atoms. The van der Waals surface area contributed by atoms with E-state index < -0.39 is 64.6 Å². The number of imide groups is 1. The topological polar surface area (TPSA) is 131 Å². The number of carbonyl (C=O) groups is 4. The number of halogens is 4. The molecule has 4 rings (SSSR count). The van der Waals surface area contributed by atoms with Gasteiger partial charge in [-0.15, -0.1) is 0 Å². The van der Waals surface area contributed by atoms with Gasteiger partial charge in [0.2, 0.25) is 11.8 Å². The Bertz CT molecular complexity index is 1450. The summed E-state index contributed by atoms with van der Waals surface area (Å²) in [5, 5.41) is 16.6. The molecule has 2 aliphatic rings. The third-order valence-electron chi connectivity index (χ3n) is 7.48. The van der Waals surface area contributed by atoms with Gasteiger partial charge in [0.25, 0.3) is 5.91 Å². The molecule has 2 heterocycles. The second kappa shape index (κ2) is 11.2. The third-order valence-corrected chi connectivity index (χ3v) is 7.48. The van der Waals surface area contributed by atoms with Crippen LogP contribution < -0.4 is 20.9 Å². The number of benzene rings is 2. The Balaban J connectivity index is 1.71. The standard InChI is InChI=1S/C29H29F4N5O4/c1-27(2,3)22(37-25(41)29(31,32)33)23(39)36-20(12-16-8-10-17(30)11-9-16)24(40)38-21-7-5-4-6-19(21)28(26(38)42)13-18(14-34)35-15-28/h4-11,18,20,22,35H,12-13,15H2,1-3H3,(H,36,39)(H,37,41)/t18-,20-,22+,28-/m0/s1. The number of hydrogen-bond donors (Lipinski definition) is 3. The van der Waals surface area contributed by atoms with Crippen LogP contribution >= 0.6 is 0 Å². The number of nitrogens with zero attached hydrogens (tertiary/aromatic N) is 2. The highest BCUT2D eigenvalue weighted by atomic mass is 19.4. The molecule has 0 unspecified atom stereocenters. The van der Waals surface area contributed by atoms with Crippen molar-refractivity contribution in [2.75, 3.05) is 11.4 Å². The van der Waals surface area contributed by atoms with E-state index in [0.29, 0.717) is 11.1 Å². The lowest BCUT2D eigenvalue weighted by atomic mass is 9.79. The molecule has 0 saturated carbocycles. The Hall–Kier alpha value is -4.31. The fraction of sp³-hybridized carbons (Fsp3) is 0.414. The summed E-state index contributed by atoms with van der Waals surface area (Å²) >= 11 is 0. The van der Waals surface area contributed by atoms with E-state index in [0.717, 1.165) is 17.0 Å². The Morgan fingerprint density at radius 3 is 2.31 bits per heavy atom. The van der Waals surface area contributed by atoms with Gasteiger partial charge in [0.1, 0.15) is 17.9 Å². The van der Waals surface area contributed by atoms with Crippen molar-refractivity contribution >= 4 is 29.3 Å². The lowest BCUT2D eigenvalue weighted by Crippen LogP contribution is -2.60. The molecule has 42 heavy (non-hydrogen) atoms. The molecule has 9 nitrogen and oxygen atoms in total. The van der Waals surface area contributed by atoms with Gasteiger partial charge in [-0.1, -0.05) is 51.1 Å². The lowest BCUT2D eigenvalue weighted by Gasteiger charge is -2.33. The van der Waals surface area contributed by atoms with Gasteiger partial charge in [-0.25, -0.2) is 9.29 Å². The Labute approximate surface area is 239 Å². The van der Waals surface area contributed by atoms with Crippen molar-refractivity contribution in [3.63, 3.8) is 0 Å². The van der Waals surface area contributed by atoms with E-state index in [-0.39, 0.29) is 25.1 Å². The Morgan fingerprint density at radius 1 is 1.10 bits per heavy atom. The minimum absolute atomic E-state index is 0.0927. The van der Waals surface area contributed by atoms with Crippen LogP contribution in [-0.2, 0) is 31.0 Å². The van der Waals surface area contributed by atoms with Gasteiger partial charge in [0.05, 0.1) is 23.2 Å². The summed E-state index contributed by atoms with van der Waals surface area (Å²) in [6.45, 7) is 4.41. The summed E-state index contributed by atoms with van der Waals surface area (Å²) in [7, 11) is 0. The monoisotopic (exact) mass is 587 g/mol. The average Bonchev–Trinajstić information content (AvgIpc) is 3.46. The Kier molecular flexibility index (Phi) is 8.15. The molecule has 2 aromatic rings. The molecule has 3 N–H and O–H groups in total. The fourth-order valence-corrected chi connectivity index (χ4v) is 5.34. The van der Waals surface area contributed by atoms with Gasteiger partial charge in [0.15, 0.2) is 0 Å². The van der Waals surface area contributed by atoms with E-state index >= 15 is 0 Å². The molecule has 222 valence electrons. The largest absolute Gasteiger partial charge is 0.471 e. The quantitative estimate of drug-likeness (QED) is 0.446. The number of fused-ring (bicyclic) bond motifs is 2. The van der Waals surface area contributed by atoms with Gasteiger partial charge < -0.3 is 16.0 Å². The summed E-state index contributed by atoms with van der Waals surface area (Å²) in [5.74, 6) is -5.46. The Morgan fingerprint density at radius 2 is 1.74 bits per heavy atom. The molecule has 13 heteroatoms. The highest BCUT2D eigenvalue weighted by molar-refractivity contribution is 6.24. The molecule has 4 amide bonds. The summed E-state index contributed by atoms with van der Waals surface area (Å²) in [4.78, 5) is 54.2. The molecule has 1 saturated heterocycles. The average molecular weight is 588 g/mol. The van der Waals surface area contributed by atoms with Gasteiger partial charge in [0, 0.05) is 13.0 Å². The summed E-state index contributed by atoms with van der Waals surface area (Å²) in [5.41, 5.74) is -1.26. The van der Waals surface area contributed by atoms with Crippen LogP contribution in [0.25, 0.3) is 0 Å². The van der Waals surface area contributed by atoms with Crippen LogP contribution in [0.2, 0.25) is 0 Å². The maximum Gasteiger partial charge on any atom is 0.471 e. The number of anilines is 1. The molecule has 1 fully saturated rings. The van der Waals surface area contributed by atoms with Crippen LogP contribution in [0.5, 0.6) is 0 Å². The number of hydrogen-bond acceptors (Lipinski definition) is 6. The van der Waals surface area contributed by atoms with Crippen LogP contribution in [0.15, 0.2) is 48.5 Å². The number of amides is 4. The third kappa shape index (κ3) is 5.85. The zero-order chi connectivity index (χ0) is 31.0. The van der Waals surface area contributed by atoms with E-state index in [9.17, 15) is 42.0 Å². The van der Waals surface area contributed by atoms with E-state index in [4.69, 9.17) is 0 Å². The number of para-hydroxylation sites is 1. The normalized spacial score (nSPS) is 21.4. The van der Waals surface area contributed by atoms with Crippen molar-refractivity contribution in [1.82, 2.24) is 16.0 Å². The second-order valence-electron chi connectivity index (χ2n) is 11.5. The molecular weight excluding hydrogens is 558 g/mol.